The van der Waals surface area contributed by atoms with E-state index in [4.69, 9.17) is 0 Å². The number of amides is 1. The minimum Gasteiger partial charge on any atom is -0.479 e. The highest BCUT2D eigenvalue weighted by molar-refractivity contribution is 5.82. The Balaban J connectivity index is 2.25. The molecule has 5 nitrogen and oxygen atoms in total. The zero-order valence-corrected chi connectivity index (χ0v) is 12.8. The second-order valence-corrected chi connectivity index (χ2v) is 5.52. The maximum absolute atomic E-state index is 12.3. The summed E-state index contributed by atoms with van der Waals surface area (Å²) < 4.78 is 0. The van der Waals surface area contributed by atoms with Crippen LogP contribution in [0.1, 0.15) is 18.1 Å². The smallest absolute Gasteiger partial charge is 0.335 e. The third kappa shape index (κ3) is 3.96. The van der Waals surface area contributed by atoms with Gasteiger partial charge in [-0.15, -0.1) is 0 Å². The van der Waals surface area contributed by atoms with Crippen molar-refractivity contribution < 1.29 is 19.8 Å². The molecule has 5 heteroatoms. The van der Waals surface area contributed by atoms with Gasteiger partial charge in [-0.3, -0.25) is 4.79 Å². The second-order valence-electron chi connectivity index (χ2n) is 5.52. The second kappa shape index (κ2) is 7.07. The molecule has 2 atom stereocenters. The largest absolute Gasteiger partial charge is 0.479 e. The minimum atomic E-state index is -1.76. The van der Waals surface area contributed by atoms with E-state index in [0.29, 0.717) is 5.56 Å². The van der Waals surface area contributed by atoms with E-state index < -0.39 is 17.6 Å². The van der Waals surface area contributed by atoms with Crippen LogP contribution in [0.15, 0.2) is 60.7 Å². The Morgan fingerprint density at radius 2 is 1.57 bits per heavy atom. The highest BCUT2D eigenvalue weighted by Gasteiger charge is 2.40. The average molecular weight is 313 g/mol. The van der Waals surface area contributed by atoms with E-state index in [1.165, 1.54) is 6.92 Å². The van der Waals surface area contributed by atoms with Crippen LogP contribution in [0, 0.1) is 0 Å². The van der Waals surface area contributed by atoms with Crippen molar-refractivity contribution in [2.45, 2.75) is 25.0 Å². The molecule has 2 aromatic carbocycles. The van der Waals surface area contributed by atoms with Crippen molar-refractivity contribution in [3.63, 3.8) is 0 Å². The Hall–Kier alpha value is -2.66. The zero-order valence-electron chi connectivity index (χ0n) is 12.8. The molecule has 0 spiro atoms. The first-order valence-electron chi connectivity index (χ1n) is 7.25. The Bertz CT molecular complexity index is 672. The first-order chi connectivity index (χ1) is 10.9. The van der Waals surface area contributed by atoms with Gasteiger partial charge in [-0.1, -0.05) is 60.7 Å². The van der Waals surface area contributed by atoms with Crippen LogP contribution in [0.2, 0.25) is 0 Å². The highest BCUT2D eigenvalue weighted by atomic mass is 16.4. The Labute approximate surface area is 134 Å². The number of carboxylic acid groups (broad SMARTS) is 1. The summed E-state index contributed by atoms with van der Waals surface area (Å²) in [5.41, 5.74) is -0.0829. The Morgan fingerprint density at radius 1 is 1.04 bits per heavy atom. The topological polar surface area (TPSA) is 86.6 Å². The maximum atomic E-state index is 12.3. The molecule has 0 aliphatic rings. The van der Waals surface area contributed by atoms with Gasteiger partial charge in [0.2, 0.25) is 5.91 Å². The predicted molar refractivity (Wildman–Crippen MR) is 85.7 cm³/mol. The van der Waals surface area contributed by atoms with Gasteiger partial charge in [0.15, 0.2) is 6.10 Å². The molecular formula is C18H19NO4. The van der Waals surface area contributed by atoms with Crippen LogP contribution in [0.3, 0.4) is 0 Å². The normalized spacial score (nSPS) is 14.5. The van der Waals surface area contributed by atoms with Crippen LogP contribution in [0.5, 0.6) is 0 Å². The number of hydrogen-bond acceptors (Lipinski definition) is 3. The monoisotopic (exact) mass is 313 g/mol. The number of hydrogen-bond donors (Lipinski definition) is 3. The minimum absolute atomic E-state index is 0.107. The van der Waals surface area contributed by atoms with Crippen LogP contribution in [0.25, 0.3) is 0 Å². The first-order valence-corrected chi connectivity index (χ1v) is 7.25. The summed E-state index contributed by atoms with van der Waals surface area (Å²) in [6.45, 7) is 1.50. The van der Waals surface area contributed by atoms with Crippen molar-refractivity contribution in [3.8, 4) is 0 Å². The van der Waals surface area contributed by atoms with E-state index in [0.717, 1.165) is 5.56 Å². The lowest BCUT2D eigenvalue weighted by Crippen LogP contribution is -2.55. The maximum Gasteiger partial charge on any atom is 0.335 e. The average Bonchev–Trinajstić information content (AvgIpc) is 2.55. The van der Waals surface area contributed by atoms with E-state index in [9.17, 15) is 19.8 Å². The van der Waals surface area contributed by atoms with Crippen LogP contribution >= 0.6 is 0 Å². The molecule has 0 bridgehead atoms. The molecule has 3 N–H and O–H groups in total. The van der Waals surface area contributed by atoms with E-state index >= 15 is 0 Å². The van der Waals surface area contributed by atoms with E-state index in [2.05, 4.69) is 5.32 Å². The Kier molecular flexibility index (Phi) is 5.13. The van der Waals surface area contributed by atoms with E-state index in [1.807, 2.05) is 30.3 Å². The van der Waals surface area contributed by atoms with Crippen molar-refractivity contribution >= 4 is 11.9 Å². The fourth-order valence-electron chi connectivity index (χ4n) is 2.44. The fraction of sp³-hybridized carbons (Fsp3) is 0.222. The lowest BCUT2D eigenvalue weighted by molar-refractivity contribution is -0.152. The number of rotatable bonds is 6. The summed E-state index contributed by atoms with van der Waals surface area (Å²) in [6, 6.07) is 17.7. The highest BCUT2D eigenvalue weighted by Crippen LogP contribution is 2.25. The molecule has 0 fully saturated rings. The molecule has 0 saturated carbocycles. The van der Waals surface area contributed by atoms with Crippen LogP contribution < -0.4 is 5.32 Å². The molecule has 0 radical (unpaired) electrons. The van der Waals surface area contributed by atoms with Crippen LogP contribution in [-0.2, 0) is 21.5 Å². The van der Waals surface area contributed by atoms with Crippen molar-refractivity contribution in [1.29, 1.82) is 0 Å². The lowest BCUT2D eigenvalue weighted by atomic mass is 9.86. The molecule has 1 amide bonds. The van der Waals surface area contributed by atoms with Crippen LogP contribution in [0.4, 0.5) is 0 Å². The van der Waals surface area contributed by atoms with Gasteiger partial charge in [-0.05, 0) is 18.1 Å². The molecular weight excluding hydrogens is 294 g/mol. The molecule has 0 aliphatic carbocycles. The molecule has 120 valence electrons. The first kappa shape index (κ1) is 16.7. The predicted octanol–water partition coefficient (Wildman–Crippen LogP) is 1.71. The Morgan fingerprint density at radius 3 is 2.09 bits per heavy atom. The third-order valence-electron chi connectivity index (χ3n) is 3.76. The number of nitrogens with one attached hydrogen (secondary N) is 1. The standard InChI is InChI=1S/C18H19NO4/c1-18(16(21)17(22)23,14-10-6-3-7-11-14)19-15(20)12-13-8-4-2-5-9-13/h2-11,16,21H,12H2,1H3,(H,19,20)(H,22,23). The van der Waals surface area contributed by atoms with Gasteiger partial charge in [0.25, 0.3) is 0 Å². The summed E-state index contributed by atoms with van der Waals surface area (Å²) in [6.07, 6.45) is -1.65. The number of aliphatic hydroxyl groups is 1. The van der Waals surface area contributed by atoms with E-state index in [1.54, 1.807) is 30.3 Å². The summed E-state index contributed by atoms with van der Waals surface area (Å²) in [5, 5.41) is 21.9. The number of carboxylic acids is 1. The molecule has 0 saturated heterocycles. The number of aliphatic hydroxyl groups excluding tert-OH is 1. The van der Waals surface area contributed by atoms with Gasteiger partial charge in [0.1, 0.15) is 0 Å². The van der Waals surface area contributed by atoms with Crippen molar-refractivity contribution in [1.82, 2.24) is 5.32 Å². The summed E-state index contributed by atoms with van der Waals surface area (Å²) >= 11 is 0. The van der Waals surface area contributed by atoms with Gasteiger partial charge < -0.3 is 15.5 Å². The molecule has 0 heterocycles. The molecule has 0 aliphatic heterocycles. The summed E-state index contributed by atoms with van der Waals surface area (Å²) in [7, 11) is 0. The van der Waals surface area contributed by atoms with Crippen LogP contribution in [-0.4, -0.2) is 28.2 Å². The van der Waals surface area contributed by atoms with Gasteiger partial charge in [-0.25, -0.2) is 4.79 Å². The van der Waals surface area contributed by atoms with Crippen molar-refractivity contribution in [3.05, 3.63) is 71.8 Å². The molecule has 2 aromatic rings. The number of aliphatic carboxylic acids is 1. The molecule has 2 unspecified atom stereocenters. The number of carbonyl (C=O) groups excluding carboxylic acids is 1. The summed E-state index contributed by atoms with van der Waals surface area (Å²) in [4.78, 5) is 23.6. The van der Waals surface area contributed by atoms with Crippen molar-refractivity contribution in [2.75, 3.05) is 0 Å². The van der Waals surface area contributed by atoms with Gasteiger partial charge >= 0.3 is 5.97 Å². The number of carbonyl (C=O) groups is 2. The zero-order chi connectivity index (χ0) is 16.9. The van der Waals surface area contributed by atoms with Crippen molar-refractivity contribution in [2.24, 2.45) is 0 Å². The molecule has 23 heavy (non-hydrogen) atoms. The number of benzene rings is 2. The van der Waals surface area contributed by atoms with Gasteiger partial charge in [0.05, 0.1) is 12.0 Å². The molecule has 0 aromatic heterocycles. The fourth-order valence-corrected chi connectivity index (χ4v) is 2.44. The third-order valence-corrected chi connectivity index (χ3v) is 3.76. The van der Waals surface area contributed by atoms with Gasteiger partial charge in [-0.2, -0.15) is 0 Å². The van der Waals surface area contributed by atoms with Gasteiger partial charge in [0, 0.05) is 0 Å². The summed E-state index contributed by atoms with van der Waals surface area (Å²) in [5.74, 6) is -1.75. The lowest BCUT2D eigenvalue weighted by Gasteiger charge is -2.34. The van der Waals surface area contributed by atoms with E-state index in [-0.39, 0.29) is 12.3 Å². The quantitative estimate of drug-likeness (QED) is 0.757. The SMILES string of the molecule is CC(NC(=O)Cc1ccccc1)(c1ccccc1)C(O)C(=O)O. The molecule has 2 rings (SSSR count).